The Morgan fingerprint density at radius 2 is 1.42 bits per heavy atom. The van der Waals surface area contributed by atoms with Crippen LogP contribution >= 0.6 is 0 Å². The molecule has 0 aliphatic heterocycles. The van der Waals surface area contributed by atoms with Crippen LogP contribution in [-0.4, -0.2) is 56.5 Å². The molecule has 0 aliphatic rings. The molecule has 12 heavy (non-hydrogen) atoms. The molecular formula is C6H18AlNaO4. The molecule has 0 N–H and O–H groups in total. The van der Waals surface area contributed by atoms with Gasteiger partial charge in [0.2, 0.25) is 0 Å². The van der Waals surface area contributed by atoms with Gasteiger partial charge in [-0.3, -0.25) is 0 Å². The zero-order chi connectivity index (χ0) is 8.36. The van der Waals surface area contributed by atoms with Gasteiger partial charge in [0.05, 0.1) is 13.2 Å². The Morgan fingerprint density at radius 3 is 1.75 bits per heavy atom. The minimum atomic E-state index is -0.789. The molecule has 0 aromatic rings. The first kappa shape index (κ1) is 15.8. The molecular weight excluding hydrogens is 186 g/mol. The topological polar surface area (TPSA) is 36.9 Å². The summed E-state index contributed by atoms with van der Waals surface area (Å²) in [6.07, 6.45) is 0. The van der Waals surface area contributed by atoms with Crippen molar-refractivity contribution in [2.24, 2.45) is 0 Å². The van der Waals surface area contributed by atoms with E-state index in [2.05, 4.69) is 0 Å². The largest absolute Gasteiger partial charge is 1.00 e. The van der Waals surface area contributed by atoms with Gasteiger partial charge < -0.3 is 18.5 Å². The van der Waals surface area contributed by atoms with Crippen molar-refractivity contribution in [1.29, 1.82) is 0 Å². The molecule has 4 nitrogen and oxygen atoms in total. The first-order chi connectivity index (χ1) is 5.41. The van der Waals surface area contributed by atoms with E-state index in [-0.39, 0.29) is 32.4 Å². The maximum Gasteiger partial charge on any atom is 1.00 e. The van der Waals surface area contributed by atoms with Gasteiger partial charge in [0.25, 0.3) is 0 Å². The molecule has 0 bridgehead atoms. The Labute approximate surface area is 106 Å². The van der Waals surface area contributed by atoms with Gasteiger partial charge in [-0.2, -0.15) is 0 Å². The van der Waals surface area contributed by atoms with Gasteiger partial charge >= 0.3 is 45.4 Å². The second-order valence-corrected chi connectivity index (χ2v) is 2.97. The normalized spacial score (nSPS) is 9.17. The number of hydrogen-bond donors (Lipinski definition) is 0. The van der Waals surface area contributed by atoms with Crippen LogP contribution in [0.4, 0.5) is 0 Å². The van der Waals surface area contributed by atoms with Crippen molar-refractivity contribution in [3.63, 3.8) is 0 Å². The number of methoxy groups -OCH3 is 2. The van der Waals surface area contributed by atoms with Gasteiger partial charge in [-0.15, -0.1) is 0 Å². The minimum Gasteiger partial charge on any atom is -1.00 e. The van der Waals surface area contributed by atoms with Gasteiger partial charge in [-0.1, -0.05) is 0 Å². The maximum absolute atomic E-state index is 5.16. The second kappa shape index (κ2) is 14.9. The average Bonchev–Trinajstić information content (AvgIpc) is 2.03. The van der Waals surface area contributed by atoms with Gasteiger partial charge in [-0.25, -0.2) is 0 Å². The fourth-order valence-electron chi connectivity index (χ4n) is 0.461. The predicted octanol–water partition coefficient (Wildman–Crippen LogP) is -3.06. The van der Waals surface area contributed by atoms with Crippen molar-refractivity contribution in [1.82, 2.24) is 0 Å². The van der Waals surface area contributed by atoms with E-state index in [9.17, 15) is 0 Å². The third-order valence-electron chi connectivity index (χ3n) is 1.03. The summed E-state index contributed by atoms with van der Waals surface area (Å²) < 4.78 is 19.9. The van der Waals surface area contributed by atoms with Crippen LogP contribution in [0.1, 0.15) is 2.85 Å². The molecule has 0 aromatic carbocycles. The zero-order valence-electron chi connectivity index (χ0n) is 9.17. The third-order valence-corrected chi connectivity index (χ3v) is 1.94. The van der Waals surface area contributed by atoms with E-state index in [0.717, 1.165) is 0 Å². The first-order valence-corrected chi connectivity index (χ1v) is 4.70. The summed E-state index contributed by atoms with van der Waals surface area (Å²) in [6, 6.07) is 0. The molecule has 0 radical (unpaired) electrons. The molecule has 0 aromatic heterocycles. The Hall–Kier alpha value is 1.37. The standard InChI is InChI=1S/2C3H7O2.Al.Na.H2.2H/c2*1-5-3-2-4;;;;;/h2*2-3H2,1H3;;;1H;;/q2*-1;+2;+1;;;-1. The molecule has 0 fully saturated rings. The molecule has 70 valence electrons. The van der Waals surface area contributed by atoms with E-state index in [4.69, 9.17) is 17.1 Å². The van der Waals surface area contributed by atoms with Crippen LogP contribution in [-0.2, 0) is 17.1 Å². The van der Waals surface area contributed by atoms with E-state index < -0.39 is 15.9 Å². The zero-order valence-corrected chi connectivity index (χ0v) is 11.6. The Balaban J connectivity index is -0.000000167. The Bertz CT molecular complexity index is 76.9. The van der Waals surface area contributed by atoms with Crippen LogP contribution in [0.15, 0.2) is 0 Å². The average molecular weight is 204 g/mol. The molecule has 0 saturated heterocycles. The van der Waals surface area contributed by atoms with Crippen LogP contribution in [0.2, 0.25) is 0 Å². The van der Waals surface area contributed by atoms with E-state index in [1.54, 1.807) is 14.2 Å². The predicted molar refractivity (Wildman–Crippen MR) is 46.0 cm³/mol. The fraction of sp³-hybridized carbons (Fsp3) is 1.00. The van der Waals surface area contributed by atoms with Crippen molar-refractivity contribution in [2.75, 3.05) is 40.6 Å². The van der Waals surface area contributed by atoms with Crippen LogP contribution in [0, 0.1) is 0 Å². The van der Waals surface area contributed by atoms with Crippen molar-refractivity contribution in [3.05, 3.63) is 0 Å². The van der Waals surface area contributed by atoms with Crippen LogP contribution < -0.4 is 29.6 Å². The maximum atomic E-state index is 5.16. The van der Waals surface area contributed by atoms with Gasteiger partial charge in [0.1, 0.15) is 0 Å². The summed E-state index contributed by atoms with van der Waals surface area (Å²) in [7, 11) is 3.30. The van der Waals surface area contributed by atoms with E-state index in [1.165, 1.54) is 0 Å². The smallest absolute Gasteiger partial charge is 1.00 e. The summed E-state index contributed by atoms with van der Waals surface area (Å²) >= 11 is -0.789. The van der Waals surface area contributed by atoms with Crippen molar-refractivity contribution in [2.45, 2.75) is 0 Å². The second-order valence-electron chi connectivity index (χ2n) is 1.92. The SMILES string of the molecule is COCC[O][AlH][O]CCOC.[H-].[HH].[Na+]. The third kappa shape index (κ3) is 13.9. The van der Waals surface area contributed by atoms with Crippen LogP contribution in [0.25, 0.3) is 0 Å². The van der Waals surface area contributed by atoms with Crippen molar-refractivity contribution < 1.29 is 49.5 Å². The molecule has 0 spiro atoms. The molecule has 0 heterocycles. The molecule has 0 atom stereocenters. The molecule has 6 heteroatoms. The summed E-state index contributed by atoms with van der Waals surface area (Å²) in [5.74, 6) is 0. The molecule has 0 rings (SSSR count). The van der Waals surface area contributed by atoms with E-state index in [1.807, 2.05) is 0 Å². The number of hydrogen-bond acceptors (Lipinski definition) is 4. The first-order valence-electron chi connectivity index (χ1n) is 3.55. The quantitative estimate of drug-likeness (QED) is 0.311. The van der Waals surface area contributed by atoms with Crippen LogP contribution in [0.5, 0.6) is 0 Å². The summed E-state index contributed by atoms with van der Waals surface area (Å²) in [6.45, 7) is 2.55. The van der Waals surface area contributed by atoms with Crippen molar-refractivity contribution in [3.8, 4) is 0 Å². The number of rotatable bonds is 8. The Morgan fingerprint density at radius 1 is 1.00 bits per heavy atom. The monoisotopic (exact) mass is 204 g/mol. The number of ether oxygens (including phenoxy) is 2. The summed E-state index contributed by atoms with van der Waals surface area (Å²) in [4.78, 5) is 0. The van der Waals surface area contributed by atoms with E-state index in [0.29, 0.717) is 26.4 Å². The summed E-state index contributed by atoms with van der Waals surface area (Å²) in [5.41, 5.74) is 0. The molecule has 0 unspecified atom stereocenters. The molecule has 0 aliphatic carbocycles. The summed E-state index contributed by atoms with van der Waals surface area (Å²) in [5, 5.41) is 0. The molecule has 0 amide bonds. The molecule has 0 saturated carbocycles. The van der Waals surface area contributed by atoms with Crippen LogP contribution in [0.3, 0.4) is 0 Å². The van der Waals surface area contributed by atoms with Gasteiger partial charge in [0, 0.05) is 28.9 Å². The van der Waals surface area contributed by atoms with Gasteiger partial charge in [-0.05, 0) is 0 Å². The van der Waals surface area contributed by atoms with E-state index >= 15 is 0 Å². The minimum absolute atomic E-state index is 0. The fourth-order valence-corrected chi connectivity index (χ4v) is 1.05. The van der Waals surface area contributed by atoms with Crippen molar-refractivity contribution >= 4 is 15.9 Å². The Kier molecular flexibility index (Phi) is 19.6. The van der Waals surface area contributed by atoms with Gasteiger partial charge in [0.15, 0.2) is 0 Å².